The summed E-state index contributed by atoms with van der Waals surface area (Å²) in [5.41, 5.74) is 2.66. The minimum absolute atomic E-state index is 0.147. The molecule has 3 aromatic rings. The Labute approximate surface area is 194 Å². The van der Waals surface area contributed by atoms with Crippen molar-refractivity contribution in [2.75, 3.05) is 25.1 Å². The molecule has 4 rings (SSSR count). The van der Waals surface area contributed by atoms with E-state index in [1.165, 1.54) is 0 Å². The summed E-state index contributed by atoms with van der Waals surface area (Å²) in [5, 5.41) is 16.9. The standard InChI is InChI=1S/C25H30N6O2/c1-5-25(24(32)29-17(2)3)8-10-30(11-9-25)22-7-6-18(14-27-22)21-12-20(33-4)16-31-23(21)19(13-26)15-28-31/h6-7,12,14-17H,5,8-11H2,1-4H3,(H,29,32). The average molecular weight is 447 g/mol. The Morgan fingerprint density at radius 1 is 1.30 bits per heavy atom. The lowest BCUT2D eigenvalue weighted by Crippen LogP contribution is -2.50. The zero-order valence-electron chi connectivity index (χ0n) is 19.6. The van der Waals surface area contributed by atoms with Crippen molar-refractivity contribution >= 4 is 17.2 Å². The van der Waals surface area contributed by atoms with E-state index >= 15 is 0 Å². The Hall–Kier alpha value is -3.60. The number of ether oxygens (including phenoxy) is 1. The molecular weight excluding hydrogens is 416 g/mol. The second-order valence-corrected chi connectivity index (χ2v) is 8.91. The van der Waals surface area contributed by atoms with Gasteiger partial charge in [0.2, 0.25) is 5.91 Å². The van der Waals surface area contributed by atoms with Gasteiger partial charge in [0, 0.05) is 36.5 Å². The normalized spacial score (nSPS) is 15.5. The number of anilines is 1. The van der Waals surface area contributed by atoms with Gasteiger partial charge in [0.05, 0.1) is 36.0 Å². The molecule has 1 N–H and O–H groups in total. The summed E-state index contributed by atoms with van der Waals surface area (Å²) in [4.78, 5) is 19.8. The maximum Gasteiger partial charge on any atom is 0.226 e. The first-order valence-electron chi connectivity index (χ1n) is 11.4. The van der Waals surface area contributed by atoms with Gasteiger partial charge in [-0.05, 0) is 51.3 Å². The smallest absolute Gasteiger partial charge is 0.226 e. The quantitative estimate of drug-likeness (QED) is 0.619. The molecule has 0 saturated carbocycles. The summed E-state index contributed by atoms with van der Waals surface area (Å²) in [6, 6.07) is 8.27. The number of nitriles is 1. The van der Waals surface area contributed by atoms with Crippen LogP contribution in [0.15, 0.2) is 36.8 Å². The Balaban J connectivity index is 1.56. The van der Waals surface area contributed by atoms with E-state index in [-0.39, 0.29) is 17.4 Å². The molecule has 0 aromatic carbocycles. The van der Waals surface area contributed by atoms with Crippen LogP contribution < -0.4 is 15.0 Å². The molecule has 1 saturated heterocycles. The van der Waals surface area contributed by atoms with Crippen molar-refractivity contribution in [3.05, 3.63) is 42.4 Å². The van der Waals surface area contributed by atoms with Crippen LogP contribution in [0.5, 0.6) is 5.75 Å². The number of rotatable bonds is 6. The Morgan fingerprint density at radius 2 is 2.06 bits per heavy atom. The van der Waals surface area contributed by atoms with E-state index in [2.05, 4.69) is 28.3 Å². The molecule has 1 aliphatic heterocycles. The largest absolute Gasteiger partial charge is 0.495 e. The SMILES string of the molecule is CCC1(C(=O)NC(C)C)CCN(c2ccc(-c3cc(OC)cn4ncc(C#N)c34)cn2)CC1. The zero-order chi connectivity index (χ0) is 23.6. The van der Waals surface area contributed by atoms with Crippen LogP contribution >= 0.6 is 0 Å². The van der Waals surface area contributed by atoms with Crippen molar-refractivity contribution < 1.29 is 9.53 Å². The zero-order valence-corrected chi connectivity index (χ0v) is 19.6. The number of pyridine rings is 2. The number of nitrogens with zero attached hydrogens (tertiary/aromatic N) is 5. The van der Waals surface area contributed by atoms with Crippen LogP contribution in [0.1, 0.15) is 45.6 Å². The fraction of sp³-hybridized carbons (Fsp3) is 0.440. The number of fused-ring (bicyclic) bond motifs is 1. The number of hydrogen-bond donors (Lipinski definition) is 1. The summed E-state index contributed by atoms with van der Waals surface area (Å²) in [5.74, 6) is 1.71. The Kier molecular flexibility index (Phi) is 6.23. The van der Waals surface area contributed by atoms with E-state index < -0.39 is 0 Å². The van der Waals surface area contributed by atoms with Gasteiger partial charge < -0.3 is 15.0 Å². The first kappa shape index (κ1) is 22.6. The van der Waals surface area contributed by atoms with Gasteiger partial charge in [0.1, 0.15) is 17.6 Å². The molecule has 0 atom stereocenters. The fourth-order valence-corrected chi connectivity index (χ4v) is 4.56. The highest BCUT2D eigenvalue weighted by Gasteiger charge is 2.40. The highest BCUT2D eigenvalue weighted by Crippen LogP contribution is 2.37. The molecule has 3 aromatic heterocycles. The molecule has 1 fully saturated rings. The van der Waals surface area contributed by atoms with Gasteiger partial charge in [-0.25, -0.2) is 9.50 Å². The Bertz CT molecular complexity index is 1180. The number of aromatic nitrogens is 3. The monoisotopic (exact) mass is 446 g/mol. The van der Waals surface area contributed by atoms with Crippen LogP contribution in [0.2, 0.25) is 0 Å². The lowest BCUT2D eigenvalue weighted by atomic mass is 9.75. The van der Waals surface area contributed by atoms with Crippen molar-refractivity contribution in [3.63, 3.8) is 0 Å². The number of carbonyl (C=O) groups is 1. The lowest BCUT2D eigenvalue weighted by molar-refractivity contribution is -0.133. The van der Waals surface area contributed by atoms with Crippen LogP contribution in [-0.4, -0.2) is 46.7 Å². The minimum Gasteiger partial charge on any atom is -0.495 e. The van der Waals surface area contributed by atoms with E-state index in [1.54, 1.807) is 24.0 Å². The van der Waals surface area contributed by atoms with Crippen molar-refractivity contribution in [2.24, 2.45) is 5.41 Å². The van der Waals surface area contributed by atoms with Crippen LogP contribution in [0.3, 0.4) is 0 Å². The molecule has 0 radical (unpaired) electrons. The topological polar surface area (TPSA) is 95.5 Å². The molecule has 33 heavy (non-hydrogen) atoms. The molecule has 4 heterocycles. The maximum absolute atomic E-state index is 12.8. The van der Waals surface area contributed by atoms with Gasteiger partial charge in [-0.3, -0.25) is 4.79 Å². The maximum atomic E-state index is 12.8. The fourth-order valence-electron chi connectivity index (χ4n) is 4.56. The lowest BCUT2D eigenvalue weighted by Gasteiger charge is -2.41. The number of amides is 1. The summed E-state index contributed by atoms with van der Waals surface area (Å²) in [7, 11) is 1.61. The van der Waals surface area contributed by atoms with Crippen LogP contribution in [-0.2, 0) is 4.79 Å². The third kappa shape index (κ3) is 4.23. The molecule has 172 valence electrons. The number of carbonyl (C=O) groups excluding carboxylic acids is 1. The van der Waals surface area contributed by atoms with Crippen LogP contribution in [0.4, 0.5) is 5.82 Å². The van der Waals surface area contributed by atoms with Gasteiger partial charge in [-0.2, -0.15) is 10.4 Å². The highest BCUT2D eigenvalue weighted by atomic mass is 16.5. The molecule has 8 heteroatoms. The molecule has 1 aliphatic rings. The molecule has 8 nitrogen and oxygen atoms in total. The average Bonchev–Trinajstić information content (AvgIpc) is 3.26. The second kappa shape index (κ2) is 9.10. The Morgan fingerprint density at radius 3 is 2.64 bits per heavy atom. The predicted octanol–water partition coefficient (Wildman–Crippen LogP) is 3.80. The second-order valence-electron chi connectivity index (χ2n) is 8.91. The number of methoxy groups -OCH3 is 1. The molecule has 0 unspecified atom stereocenters. The number of piperidine rings is 1. The number of nitrogens with one attached hydrogen (secondary N) is 1. The summed E-state index contributed by atoms with van der Waals surface area (Å²) in [6.07, 6.45) is 7.59. The van der Waals surface area contributed by atoms with Crippen molar-refractivity contribution in [2.45, 2.75) is 46.1 Å². The first-order valence-corrected chi connectivity index (χ1v) is 11.4. The van der Waals surface area contributed by atoms with Gasteiger partial charge >= 0.3 is 0 Å². The summed E-state index contributed by atoms with van der Waals surface area (Å²) < 4.78 is 7.08. The van der Waals surface area contributed by atoms with Crippen LogP contribution in [0, 0.1) is 16.7 Å². The molecule has 1 amide bonds. The van der Waals surface area contributed by atoms with Gasteiger partial charge in [-0.15, -0.1) is 0 Å². The molecular formula is C25H30N6O2. The van der Waals surface area contributed by atoms with Gasteiger partial charge in [-0.1, -0.05) is 6.92 Å². The highest BCUT2D eigenvalue weighted by molar-refractivity contribution is 5.85. The summed E-state index contributed by atoms with van der Waals surface area (Å²) in [6.45, 7) is 7.68. The van der Waals surface area contributed by atoms with Crippen molar-refractivity contribution in [3.8, 4) is 22.9 Å². The van der Waals surface area contributed by atoms with E-state index in [0.29, 0.717) is 11.3 Å². The molecule has 0 bridgehead atoms. The van der Waals surface area contributed by atoms with Gasteiger partial charge in [0.15, 0.2) is 0 Å². The van der Waals surface area contributed by atoms with E-state index in [1.807, 2.05) is 38.2 Å². The summed E-state index contributed by atoms with van der Waals surface area (Å²) >= 11 is 0. The third-order valence-corrected chi connectivity index (χ3v) is 6.62. The third-order valence-electron chi connectivity index (χ3n) is 6.62. The van der Waals surface area contributed by atoms with E-state index in [0.717, 1.165) is 54.8 Å². The predicted molar refractivity (Wildman–Crippen MR) is 127 cm³/mol. The minimum atomic E-state index is -0.303. The van der Waals surface area contributed by atoms with E-state index in [4.69, 9.17) is 9.72 Å². The number of hydrogen-bond acceptors (Lipinski definition) is 6. The van der Waals surface area contributed by atoms with E-state index in [9.17, 15) is 10.1 Å². The first-order chi connectivity index (χ1) is 15.9. The molecule has 0 aliphatic carbocycles. The van der Waals surface area contributed by atoms with Gasteiger partial charge in [0.25, 0.3) is 0 Å². The van der Waals surface area contributed by atoms with Crippen molar-refractivity contribution in [1.29, 1.82) is 5.26 Å². The van der Waals surface area contributed by atoms with Crippen molar-refractivity contribution in [1.82, 2.24) is 19.9 Å². The van der Waals surface area contributed by atoms with Crippen LogP contribution in [0.25, 0.3) is 16.6 Å². The molecule has 0 spiro atoms.